The Labute approximate surface area is 108 Å². The lowest BCUT2D eigenvalue weighted by Gasteiger charge is -2.09. The van der Waals surface area contributed by atoms with Crippen LogP contribution in [0.25, 0.3) is 0 Å². The van der Waals surface area contributed by atoms with E-state index in [1.165, 1.54) is 5.56 Å². The lowest BCUT2D eigenvalue weighted by Crippen LogP contribution is -2.11. The Morgan fingerprint density at radius 1 is 1.17 bits per heavy atom. The molecule has 0 fully saturated rings. The number of aryl methyl sites for hydroxylation is 1. The Morgan fingerprint density at radius 3 is 2.61 bits per heavy atom. The van der Waals surface area contributed by atoms with Gasteiger partial charge in [0.15, 0.2) is 0 Å². The van der Waals surface area contributed by atoms with Crippen molar-refractivity contribution in [2.45, 2.75) is 13.5 Å². The molecule has 0 spiro atoms. The molecule has 102 valence electrons. The summed E-state index contributed by atoms with van der Waals surface area (Å²) in [6.07, 6.45) is 0. The van der Waals surface area contributed by atoms with Crippen molar-refractivity contribution in [1.29, 1.82) is 0 Å². The number of methoxy groups -OCH3 is 1. The van der Waals surface area contributed by atoms with Crippen LogP contribution < -0.4 is 10.1 Å². The first-order valence-corrected chi connectivity index (χ1v) is 6.08. The minimum absolute atomic E-state index is 0.502. The van der Waals surface area contributed by atoms with Gasteiger partial charge in [-0.2, -0.15) is 0 Å². The van der Waals surface area contributed by atoms with E-state index in [9.17, 15) is 0 Å². The first-order chi connectivity index (χ1) is 8.77. The van der Waals surface area contributed by atoms with Crippen LogP contribution in [0.2, 0.25) is 0 Å². The number of aromatic nitrogens is 1. The fourth-order valence-corrected chi connectivity index (χ4v) is 1.47. The number of nitrogens with one attached hydrogen (secondary N) is 1. The summed E-state index contributed by atoms with van der Waals surface area (Å²) >= 11 is 0. The van der Waals surface area contributed by atoms with Crippen LogP contribution >= 0.6 is 0 Å². The van der Waals surface area contributed by atoms with Gasteiger partial charge in [-0.05, 0) is 19.5 Å². The highest BCUT2D eigenvalue weighted by atomic mass is 16.5. The standard InChI is InChI=1S/C13H22N2O3/c1-11-12(10-14-2)4-5-13(15-11)18-9-8-17-7-6-16-3/h4-5,14H,6-10H2,1-3H3. The van der Waals surface area contributed by atoms with E-state index in [-0.39, 0.29) is 0 Å². The molecule has 0 aromatic carbocycles. The summed E-state index contributed by atoms with van der Waals surface area (Å²) in [4.78, 5) is 4.38. The molecule has 18 heavy (non-hydrogen) atoms. The van der Waals surface area contributed by atoms with Crippen LogP contribution in [0.1, 0.15) is 11.3 Å². The highest BCUT2D eigenvalue weighted by Crippen LogP contribution is 2.12. The summed E-state index contributed by atoms with van der Waals surface area (Å²) in [6, 6.07) is 3.91. The number of rotatable bonds is 9. The Kier molecular flexibility index (Phi) is 7.32. The molecule has 0 amide bonds. The summed E-state index contributed by atoms with van der Waals surface area (Å²) in [5, 5.41) is 3.10. The summed E-state index contributed by atoms with van der Waals surface area (Å²) in [5.74, 6) is 0.641. The van der Waals surface area contributed by atoms with Gasteiger partial charge in [-0.15, -0.1) is 0 Å². The van der Waals surface area contributed by atoms with E-state index in [1.54, 1.807) is 7.11 Å². The van der Waals surface area contributed by atoms with E-state index in [1.807, 2.05) is 26.1 Å². The second-order valence-electron chi connectivity index (χ2n) is 3.88. The molecule has 0 saturated carbocycles. The molecule has 0 aliphatic heterocycles. The molecule has 0 aliphatic rings. The van der Waals surface area contributed by atoms with E-state index in [4.69, 9.17) is 14.2 Å². The second kappa shape index (κ2) is 8.85. The third-order valence-corrected chi connectivity index (χ3v) is 2.45. The average Bonchev–Trinajstić information content (AvgIpc) is 2.37. The quantitative estimate of drug-likeness (QED) is 0.670. The molecule has 1 rings (SSSR count). The zero-order valence-electron chi connectivity index (χ0n) is 11.4. The van der Waals surface area contributed by atoms with Gasteiger partial charge in [0.1, 0.15) is 6.61 Å². The topological polar surface area (TPSA) is 52.6 Å². The maximum atomic E-state index is 5.50. The van der Waals surface area contributed by atoms with Gasteiger partial charge in [0, 0.05) is 25.4 Å². The largest absolute Gasteiger partial charge is 0.475 e. The van der Waals surface area contributed by atoms with Crippen LogP contribution in [-0.4, -0.2) is 45.6 Å². The molecular formula is C13H22N2O3. The van der Waals surface area contributed by atoms with Crippen molar-refractivity contribution in [3.8, 4) is 5.88 Å². The Bertz CT molecular complexity index is 345. The number of ether oxygens (including phenoxy) is 3. The lowest BCUT2D eigenvalue weighted by atomic mass is 10.2. The molecule has 0 aliphatic carbocycles. The zero-order valence-corrected chi connectivity index (χ0v) is 11.4. The van der Waals surface area contributed by atoms with Gasteiger partial charge in [0.25, 0.3) is 0 Å². The Balaban J connectivity index is 2.28. The van der Waals surface area contributed by atoms with Crippen molar-refractivity contribution in [3.05, 3.63) is 23.4 Å². The molecule has 1 N–H and O–H groups in total. The van der Waals surface area contributed by atoms with Crippen molar-refractivity contribution < 1.29 is 14.2 Å². The third-order valence-electron chi connectivity index (χ3n) is 2.45. The van der Waals surface area contributed by atoms with E-state index >= 15 is 0 Å². The molecule has 0 saturated heterocycles. The zero-order chi connectivity index (χ0) is 13.2. The normalized spacial score (nSPS) is 10.6. The van der Waals surface area contributed by atoms with Crippen LogP contribution in [-0.2, 0) is 16.0 Å². The predicted molar refractivity (Wildman–Crippen MR) is 69.9 cm³/mol. The second-order valence-corrected chi connectivity index (χ2v) is 3.88. The number of hydrogen-bond donors (Lipinski definition) is 1. The molecule has 0 atom stereocenters. The van der Waals surface area contributed by atoms with Crippen molar-refractivity contribution in [1.82, 2.24) is 10.3 Å². The van der Waals surface area contributed by atoms with E-state index in [0.717, 1.165) is 12.2 Å². The smallest absolute Gasteiger partial charge is 0.213 e. The first-order valence-electron chi connectivity index (χ1n) is 6.08. The number of pyridine rings is 1. The van der Waals surface area contributed by atoms with Crippen molar-refractivity contribution in [3.63, 3.8) is 0 Å². The van der Waals surface area contributed by atoms with Gasteiger partial charge < -0.3 is 19.5 Å². The van der Waals surface area contributed by atoms with Gasteiger partial charge >= 0.3 is 0 Å². The van der Waals surface area contributed by atoms with Crippen LogP contribution in [0, 0.1) is 6.92 Å². The minimum Gasteiger partial charge on any atom is -0.475 e. The Morgan fingerprint density at radius 2 is 1.94 bits per heavy atom. The third kappa shape index (κ3) is 5.44. The van der Waals surface area contributed by atoms with Crippen LogP contribution in [0.5, 0.6) is 5.88 Å². The number of nitrogens with zero attached hydrogens (tertiary/aromatic N) is 1. The van der Waals surface area contributed by atoms with Crippen molar-refractivity contribution in [2.75, 3.05) is 40.6 Å². The highest BCUT2D eigenvalue weighted by molar-refractivity contribution is 5.24. The van der Waals surface area contributed by atoms with Gasteiger partial charge in [-0.25, -0.2) is 4.98 Å². The van der Waals surface area contributed by atoms with Crippen LogP contribution in [0.4, 0.5) is 0 Å². The Hall–Kier alpha value is -1.17. The van der Waals surface area contributed by atoms with E-state index in [2.05, 4.69) is 10.3 Å². The molecule has 5 nitrogen and oxygen atoms in total. The predicted octanol–water partition coefficient (Wildman–Crippen LogP) is 1.15. The number of hydrogen-bond acceptors (Lipinski definition) is 5. The summed E-state index contributed by atoms with van der Waals surface area (Å²) < 4.78 is 15.7. The van der Waals surface area contributed by atoms with Gasteiger partial charge in [-0.3, -0.25) is 0 Å². The molecule has 1 aromatic heterocycles. The van der Waals surface area contributed by atoms with Gasteiger partial charge in [0.2, 0.25) is 5.88 Å². The average molecular weight is 254 g/mol. The van der Waals surface area contributed by atoms with Gasteiger partial charge in [0.05, 0.1) is 19.8 Å². The van der Waals surface area contributed by atoms with Crippen LogP contribution in [0.15, 0.2) is 12.1 Å². The maximum absolute atomic E-state index is 5.50. The molecular weight excluding hydrogens is 232 g/mol. The molecule has 5 heteroatoms. The fourth-order valence-electron chi connectivity index (χ4n) is 1.47. The molecule has 0 radical (unpaired) electrons. The highest BCUT2D eigenvalue weighted by Gasteiger charge is 2.01. The monoisotopic (exact) mass is 254 g/mol. The molecule has 1 heterocycles. The first kappa shape index (κ1) is 14.9. The van der Waals surface area contributed by atoms with E-state index < -0.39 is 0 Å². The molecule has 1 aromatic rings. The summed E-state index contributed by atoms with van der Waals surface area (Å²) in [5.41, 5.74) is 2.17. The van der Waals surface area contributed by atoms with Gasteiger partial charge in [-0.1, -0.05) is 6.07 Å². The SMILES string of the molecule is CNCc1ccc(OCCOCCOC)nc1C. The lowest BCUT2D eigenvalue weighted by molar-refractivity contribution is 0.0536. The molecule has 0 unspecified atom stereocenters. The summed E-state index contributed by atoms with van der Waals surface area (Å²) in [6.45, 7) is 5.04. The fraction of sp³-hybridized carbons (Fsp3) is 0.615. The van der Waals surface area contributed by atoms with Crippen LogP contribution in [0.3, 0.4) is 0 Å². The molecule has 0 bridgehead atoms. The summed E-state index contributed by atoms with van der Waals surface area (Å²) in [7, 11) is 3.57. The van der Waals surface area contributed by atoms with Crippen molar-refractivity contribution >= 4 is 0 Å². The minimum atomic E-state index is 0.502. The maximum Gasteiger partial charge on any atom is 0.213 e. The van der Waals surface area contributed by atoms with E-state index in [0.29, 0.717) is 32.3 Å². The van der Waals surface area contributed by atoms with Crippen molar-refractivity contribution in [2.24, 2.45) is 0 Å².